The van der Waals surface area contributed by atoms with Crippen molar-refractivity contribution in [1.29, 1.82) is 0 Å². The van der Waals surface area contributed by atoms with E-state index in [0.29, 0.717) is 62.7 Å². The third-order valence-electron chi connectivity index (χ3n) is 8.45. The lowest BCUT2D eigenvalue weighted by atomic mass is 9.76. The van der Waals surface area contributed by atoms with Crippen LogP contribution in [-0.4, -0.2) is 67.4 Å². The molecule has 0 aromatic heterocycles. The zero-order chi connectivity index (χ0) is 30.8. The van der Waals surface area contributed by atoms with Gasteiger partial charge in [0.1, 0.15) is 11.5 Å². The molecule has 0 bridgehead atoms. The van der Waals surface area contributed by atoms with Crippen molar-refractivity contribution in [3.05, 3.63) is 71.8 Å². The molecule has 3 aromatic rings. The lowest BCUT2D eigenvalue weighted by Gasteiger charge is -2.43. The third kappa shape index (κ3) is 6.74. The molecule has 5 rings (SSSR count). The first-order valence-electron chi connectivity index (χ1n) is 14.6. The lowest BCUT2D eigenvalue weighted by molar-refractivity contribution is -0.217. The van der Waals surface area contributed by atoms with Gasteiger partial charge in [0, 0.05) is 29.6 Å². The van der Waals surface area contributed by atoms with E-state index in [0.717, 1.165) is 22.1 Å². The van der Waals surface area contributed by atoms with Gasteiger partial charge in [0.25, 0.3) is 5.91 Å². The number of ether oxygens (including phenoxy) is 3. The number of carbonyl (C=O) groups excluding carboxylic acids is 2. The van der Waals surface area contributed by atoms with Gasteiger partial charge in [0.05, 0.1) is 13.7 Å². The van der Waals surface area contributed by atoms with Crippen molar-refractivity contribution in [3.63, 3.8) is 0 Å². The Bertz CT molecular complexity index is 1470. The van der Waals surface area contributed by atoms with Crippen LogP contribution in [-0.2, 0) is 16.1 Å². The Morgan fingerprint density at radius 2 is 1.63 bits per heavy atom. The van der Waals surface area contributed by atoms with Crippen LogP contribution < -0.4 is 9.47 Å². The van der Waals surface area contributed by atoms with Gasteiger partial charge in [-0.1, -0.05) is 44.2 Å². The molecule has 230 valence electrons. The molecule has 1 atom stereocenters. The number of fused-ring (bicyclic) bond motifs is 1. The second-order valence-corrected chi connectivity index (χ2v) is 11.9. The maximum absolute atomic E-state index is 13.7. The van der Waals surface area contributed by atoms with E-state index in [-0.39, 0.29) is 6.54 Å². The predicted molar refractivity (Wildman–Crippen MR) is 156 cm³/mol. The SMILES string of the molecule is COc1ccc2cc(C(=O)N3CCC4(CCN(Cc5ccccc5OCC(C)C)CC4)C3OC(=O)C(F)(F)F)ccc2c1. The molecule has 43 heavy (non-hydrogen) atoms. The molecule has 0 N–H and O–H groups in total. The molecular formula is C33H37F3N2O5. The number of piperidine rings is 1. The van der Waals surface area contributed by atoms with Crippen molar-refractivity contribution in [1.82, 2.24) is 9.80 Å². The highest BCUT2D eigenvalue weighted by molar-refractivity contribution is 5.99. The fraction of sp³-hybridized carbons (Fsp3) is 0.455. The number of para-hydroxylation sites is 1. The number of amides is 1. The lowest BCUT2D eigenvalue weighted by Crippen LogP contribution is -2.51. The molecule has 0 radical (unpaired) electrons. The first-order valence-corrected chi connectivity index (χ1v) is 14.6. The number of nitrogens with zero attached hydrogens (tertiary/aromatic N) is 2. The van der Waals surface area contributed by atoms with E-state index in [9.17, 15) is 22.8 Å². The minimum atomic E-state index is -5.17. The van der Waals surface area contributed by atoms with Gasteiger partial charge < -0.3 is 19.1 Å². The Balaban J connectivity index is 1.34. The van der Waals surface area contributed by atoms with Gasteiger partial charge in [-0.25, -0.2) is 4.79 Å². The Morgan fingerprint density at radius 1 is 0.953 bits per heavy atom. The van der Waals surface area contributed by atoms with E-state index in [1.165, 1.54) is 4.90 Å². The fourth-order valence-corrected chi connectivity index (χ4v) is 6.05. The summed E-state index contributed by atoms with van der Waals surface area (Å²) in [5.41, 5.74) is 0.583. The molecular weight excluding hydrogens is 561 g/mol. The average Bonchev–Trinajstić information content (AvgIpc) is 3.33. The number of rotatable bonds is 8. The Kier molecular flexibility index (Phi) is 8.87. The zero-order valence-electron chi connectivity index (χ0n) is 24.7. The van der Waals surface area contributed by atoms with Gasteiger partial charge in [-0.05, 0) is 79.4 Å². The molecule has 1 amide bonds. The molecule has 0 aliphatic carbocycles. The number of benzene rings is 3. The minimum absolute atomic E-state index is 0.196. The molecule has 3 aromatic carbocycles. The van der Waals surface area contributed by atoms with Gasteiger partial charge in [-0.2, -0.15) is 13.2 Å². The number of hydrogen-bond donors (Lipinski definition) is 0. The van der Waals surface area contributed by atoms with Gasteiger partial charge >= 0.3 is 12.1 Å². The van der Waals surface area contributed by atoms with Crippen LogP contribution in [0.25, 0.3) is 10.8 Å². The maximum atomic E-state index is 13.7. The molecule has 1 unspecified atom stereocenters. The number of methoxy groups -OCH3 is 1. The Labute approximate surface area is 249 Å². The number of likely N-dealkylation sites (tertiary alicyclic amines) is 2. The predicted octanol–water partition coefficient (Wildman–Crippen LogP) is 6.44. The summed E-state index contributed by atoms with van der Waals surface area (Å²) in [5, 5.41) is 1.65. The van der Waals surface area contributed by atoms with Crippen LogP contribution in [0.15, 0.2) is 60.7 Å². The standard InChI is InChI=1S/C33H37F3N2O5/c1-22(2)21-42-28-7-5-4-6-26(28)20-37-15-12-32(13-16-37)14-17-38(30(32)43-31(40)33(34,35)36)29(39)25-9-8-24-19-27(41-3)11-10-23(24)18-25/h4-11,18-19,22,30H,12-17,20-21H2,1-3H3. The van der Waals surface area contributed by atoms with Crippen LogP contribution in [0, 0.1) is 11.3 Å². The molecule has 7 nitrogen and oxygen atoms in total. The second kappa shape index (κ2) is 12.4. The number of halogens is 3. The maximum Gasteiger partial charge on any atom is 0.491 e. The number of carbonyl (C=O) groups is 2. The van der Waals surface area contributed by atoms with Crippen LogP contribution in [0.5, 0.6) is 11.5 Å². The topological polar surface area (TPSA) is 68.3 Å². The summed E-state index contributed by atoms with van der Waals surface area (Å²) < 4.78 is 56.6. The smallest absolute Gasteiger partial charge is 0.491 e. The van der Waals surface area contributed by atoms with Crippen molar-refractivity contribution < 1.29 is 37.0 Å². The largest absolute Gasteiger partial charge is 0.497 e. The number of hydrogen-bond acceptors (Lipinski definition) is 6. The van der Waals surface area contributed by atoms with Gasteiger partial charge in [0.2, 0.25) is 0 Å². The van der Waals surface area contributed by atoms with Crippen molar-refractivity contribution in [2.75, 3.05) is 33.4 Å². The summed E-state index contributed by atoms with van der Waals surface area (Å²) in [4.78, 5) is 29.4. The van der Waals surface area contributed by atoms with Crippen LogP contribution in [0.3, 0.4) is 0 Å². The quantitative estimate of drug-likeness (QED) is 0.278. The molecule has 1 spiro atoms. The van der Waals surface area contributed by atoms with Crippen molar-refractivity contribution >= 4 is 22.6 Å². The first kappa shape index (κ1) is 30.7. The van der Waals surface area contributed by atoms with Crippen molar-refractivity contribution in [2.45, 2.75) is 52.1 Å². The Hall–Kier alpha value is -3.79. The summed E-state index contributed by atoms with van der Waals surface area (Å²) >= 11 is 0. The van der Waals surface area contributed by atoms with E-state index in [1.807, 2.05) is 36.4 Å². The number of esters is 1. The van der Waals surface area contributed by atoms with E-state index >= 15 is 0 Å². The molecule has 2 aliphatic heterocycles. The highest BCUT2D eigenvalue weighted by atomic mass is 19.4. The van der Waals surface area contributed by atoms with Gasteiger partial charge in [0.15, 0.2) is 6.23 Å². The van der Waals surface area contributed by atoms with E-state index in [2.05, 4.69) is 18.7 Å². The number of alkyl halides is 3. The molecule has 2 heterocycles. The molecule has 10 heteroatoms. The molecule has 2 fully saturated rings. The van der Waals surface area contributed by atoms with E-state index in [1.54, 1.807) is 31.4 Å². The van der Waals surface area contributed by atoms with Crippen LogP contribution >= 0.6 is 0 Å². The fourth-order valence-electron chi connectivity index (χ4n) is 6.05. The monoisotopic (exact) mass is 598 g/mol. The van der Waals surface area contributed by atoms with Crippen LogP contribution in [0.1, 0.15) is 49.0 Å². The summed E-state index contributed by atoms with van der Waals surface area (Å²) in [6.07, 6.45) is -5.06. The van der Waals surface area contributed by atoms with E-state index in [4.69, 9.17) is 14.2 Å². The summed E-state index contributed by atoms with van der Waals surface area (Å²) in [6.45, 7) is 6.75. The normalized spacial score (nSPS) is 18.8. The highest BCUT2D eigenvalue weighted by Crippen LogP contribution is 2.47. The highest BCUT2D eigenvalue weighted by Gasteiger charge is 2.55. The molecule has 0 saturated carbocycles. The van der Waals surface area contributed by atoms with E-state index < -0.39 is 29.7 Å². The molecule has 2 aliphatic rings. The molecule has 2 saturated heterocycles. The van der Waals surface area contributed by atoms with Crippen LogP contribution in [0.2, 0.25) is 0 Å². The summed E-state index contributed by atoms with van der Waals surface area (Å²) in [5.74, 6) is -0.871. The summed E-state index contributed by atoms with van der Waals surface area (Å²) in [6, 6.07) is 18.4. The summed E-state index contributed by atoms with van der Waals surface area (Å²) in [7, 11) is 1.57. The average molecular weight is 599 g/mol. The second-order valence-electron chi connectivity index (χ2n) is 11.9. The van der Waals surface area contributed by atoms with Crippen molar-refractivity contribution in [3.8, 4) is 11.5 Å². The van der Waals surface area contributed by atoms with Gasteiger partial charge in [-0.3, -0.25) is 9.69 Å². The third-order valence-corrected chi connectivity index (χ3v) is 8.45. The Morgan fingerprint density at radius 3 is 2.33 bits per heavy atom. The first-order chi connectivity index (χ1) is 20.5. The zero-order valence-corrected chi connectivity index (χ0v) is 24.7. The van der Waals surface area contributed by atoms with Gasteiger partial charge in [-0.15, -0.1) is 0 Å². The van der Waals surface area contributed by atoms with Crippen LogP contribution in [0.4, 0.5) is 13.2 Å². The van der Waals surface area contributed by atoms with Crippen molar-refractivity contribution in [2.24, 2.45) is 11.3 Å². The minimum Gasteiger partial charge on any atom is -0.497 e.